The number of benzene rings is 2. The molecule has 3 heteroatoms. The maximum Gasteiger partial charge on any atom is 0.256 e. The summed E-state index contributed by atoms with van der Waals surface area (Å²) in [4.78, 5) is 18.6. The molecule has 1 atom stereocenters. The van der Waals surface area contributed by atoms with Gasteiger partial charge < -0.3 is 0 Å². The average Bonchev–Trinajstić information content (AvgIpc) is 2.58. The summed E-state index contributed by atoms with van der Waals surface area (Å²) in [7, 11) is 0. The molecule has 3 nitrogen and oxygen atoms in total. The van der Waals surface area contributed by atoms with Gasteiger partial charge in [0.05, 0.1) is 5.69 Å². The van der Waals surface area contributed by atoms with Gasteiger partial charge in [0, 0.05) is 17.5 Å². The van der Waals surface area contributed by atoms with Crippen LogP contribution >= 0.6 is 0 Å². The molecule has 1 heterocycles. The van der Waals surface area contributed by atoms with E-state index < -0.39 is 0 Å². The Balaban J connectivity index is 2.19. The monoisotopic (exact) mass is 250 g/mol. The molecule has 0 saturated heterocycles. The van der Waals surface area contributed by atoms with Crippen LogP contribution in [0.5, 0.6) is 0 Å². The minimum atomic E-state index is -0.368. The van der Waals surface area contributed by atoms with E-state index in [4.69, 9.17) is 0 Å². The van der Waals surface area contributed by atoms with Crippen molar-refractivity contribution in [2.75, 3.05) is 4.90 Å². The number of nitrogens with zero attached hydrogens (tertiary/aromatic N) is 2. The number of benzodiazepines with no additional fused rings is 1. The van der Waals surface area contributed by atoms with Gasteiger partial charge in [-0.1, -0.05) is 36.4 Å². The molecule has 0 aromatic heterocycles. The van der Waals surface area contributed by atoms with Crippen molar-refractivity contribution in [2.45, 2.75) is 13.0 Å². The van der Waals surface area contributed by atoms with Gasteiger partial charge in [-0.15, -0.1) is 0 Å². The van der Waals surface area contributed by atoms with Crippen LogP contribution in [0.1, 0.15) is 12.5 Å². The van der Waals surface area contributed by atoms with Crippen molar-refractivity contribution >= 4 is 23.5 Å². The zero-order valence-electron chi connectivity index (χ0n) is 10.7. The van der Waals surface area contributed by atoms with Crippen LogP contribution in [0.25, 0.3) is 0 Å². The van der Waals surface area contributed by atoms with E-state index in [0.717, 1.165) is 16.9 Å². The summed E-state index contributed by atoms with van der Waals surface area (Å²) in [5, 5.41) is 0. The maximum atomic E-state index is 12.5. The number of para-hydroxylation sites is 2. The second-order valence-electron chi connectivity index (χ2n) is 4.52. The fraction of sp³-hybridized carbons (Fsp3) is 0.125. The Labute approximate surface area is 112 Å². The van der Waals surface area contributed by atoms with E-state index in [1.807, 2.05) is 61.5 Å². The third-order valence-electron chi connectivity index (χ3n) is 3.21. The van der Waals surface area contributed by atoms with E-state index >= 15 is 0 Å². The standard InChI is InChI=1S/C16H14N2O/c1-12-16(19)18(14-8-3-2-4-9-14)15-10-6-5-7-13(15)11-17-12/h2-12H,1H3. The van der Waals surface area contributed by atoms with Crippen LogP contribution in [-0.4, -0.2) is 18.2 Å². The predicted molar refractivity (Wildman–Crippen MR) is 77.1 cm³/mol. The highest BCUT2D eigenvalue weighted by molar-refractivity contribution is 6.09. The summed E-state index contributed by atoms with van der Waals surface area (Å²) in [6, 6.07) is 17.1. The van der Waals surface area contributed by atoms with Crippen LogP contribution in [0, 0.1) is 0 Å². The fourth-order valence-corrected chi connectivity index (χ4v) is 2.21. The summed E-state index contributed by atoms with van der Waals surface area (Å²) in [5.41, 5.74) is 2.72. The van der Waals surface area contributed by atoms with Crippen molar-refractivity contribution in [3.8, 4) is 0 Å². The summed E-state index contributed by atoms with van der Waals surface area (Å²) in [6.07, 6.45) is 1.78. The second kappa shape index (κ2) is 4.69. The number of hydrogen-bond acceptors (Lipinski definition) is 2. The molecule has 0 aliphatic carbocycles. The van der Waals surface area contributed by atoms with E-state index in [9.17, 15) is 4.79 Å². The van der Waals surface area contributed by atoms with E-state index in [0.29, 0.717) is 0 Å². The van der Waals surface area contributed by atoms with Gasteiger partial charge in [0.25, 0.3) is 5.91 Å². The lowest BCUT2D eigenvalue weighted by Crippen LogP contribution is -2.32. The molecule has 0 saturated carbocycles. The quantitative estimate of drug-likeness (QED) is 0.765. The number of hydrogen-bond donors (Lipinski definition) is 0. The van der Waals surface area contributed by atoms with Gasteiger partial charge in [-0.25, -0.2) is 0 Å². The molecule has 0 spiro atoms. The van der Waals surface area contributed by atoms with E-state index in [-0.39, 0.29) is 11.9 Å². The first-order valence-electron chi connectivity index (χ1n) is 6.28. The molecule has 1 unspecified atom stereocenters. The van der Waals surface area contributed by atoms with Crippen LogP contribution < -0.4 is 4.90 Å². The molecule has 19 heavy (non-hydrogen) atoms. The summed E-state index contributed by atoms with van der Waals surface area (Å²) in [6.45, 7) is 1.82. The molecular formula is C16H14N2O. The molecule has 0 fully saturated rings. The molecule has 0 radical (unpaired) electrons. The van der Waals surface area contributed by atoms with Crippen LogP contribution in [0.2, 0.25) is 0 Å². The Morgan fingerprint density at radius 2 is 1.68 bits per heavy atom. The van der Waals surface area contributed by atoms with E-state index in [1.165, 1.54) is 0 Å². The highest BCUT2D eigenvalue weighted by Gasteiger charge is 2.26. The van der Waals surface area contributed by atoms with Gasteiger partial charge in [-0.05, 0) is 25.1 Å². The van der Waals surface area contributed by atoms with Crippen molar-refractivity contribution < 1.29 is 4.79 Å². The Morgan fingerprint density at radius 1 is 1.00 bits per heavy atom. The summed E-state index contributed by atoms with van der Waals surface area (Å²) >= 11 is 0. The van der Waals surface area contributed by atoms with Crippen LogP contribution in [0.3, 0.4) is 0 Å². The Morgan fingerprint density at radius 3 is 2.47 bits per heavy atom. The number of fused-ring (bicyclic) bond motifs is 1. The van der Waals surface area contributed by atoms with Gasteiger partial charge in [0.15, 0.2) is 0 Å². The molecular weight excluding hydrogens is 236 g/mol. The summed E-state index contributed by atoms with van der Waals surface area (Å²) in [5.74, 6) is -0.00704. The van der Waals surface area contributed by atoms with Crippen molar-refractivity contribution in [1.82, 2.24) is 0 Å². The number of anilines is 2. The largest absolute Gasteiger partial charge is 0.279 e. The molecule has 1 amide bonds. The minimum absolute atomic E-state index is 0.00704. The SMILES string of the molecule is CC1N=Cc2ccccc2N(c2ccccc2)C1=O. The Bertz CT molecular complexity index is 634. The predicted octanol–water partition coefficient (Wildman–Crippen LogP) is 3.17. The van der Waals surface area contributed by atoms with Crippen LogP contribution in [-0.2, 0) is 4.79 Å². The molecule has 1 aliphatic rings. The lowest BCUT2D eigenvalue weighted by Gasteiger charge is -2.24. The van der Waals surface area contributed by atoms with Crippen molar-refractivity contribution in [2.24, 2.45) is 4.99 Å². The molecule has 94 valence electrons. The minimum Gasteiger partial charge on any atom is -0.279 e. The molecule has 0 N–H and O–H groups in total. The Hall–Kier alpha value is -2.42. The van der Waals surface area contributed by atoms with Crippen molar-refractivity contribution in [3.63, 3.8) is 0 Å². The van der Waals surface area contributed by atoms with Gasteiger partial charge in [-0.3, -0.25) is 14.7 Å². The normalized spacial score (nSPS) is 18.1. The fourth-order valence-electron chi connectivity index (χ4n) is 2.21. The first-order valence-corrected chi connectivity index (χ1v) is 6.28. The first kappa shape index (κ1) is 11.7. The number of carbonyl (C=O) groups excluding carboxylic acids is 1. The maximum absolute atomic E-state index is 12.5. The number of rotatable bonds is 1. The second-order valence-corrected chi connectivity index (χ2v) is 4.52. The van der Waals surface area contributed by atoms with Crippen LogP contribution in [0.4, 0.5) is 11.4 Å². The number of amides is 1. The zero-order chi connectivity index (χ0) is 13.2. The average molecular weight is 250 g/mol. The van der Waals surface area contributed by atoms with Crippen LogP contribution in [0.15, 0.2) is 59.6 Å². The first-order chi connectivity index (χ1) is 9.27. The van der Waals surface area contributed by atoms with Gasteiger partial charge >= 0.3 is 0 Å². The molecule has 1 aliphatic heterocycles. The van der Waals surface area contributed by atoms with Gasteiger partial charge in [0.1, 0.15) is 6.04 Å². The lowest BCUT2D eigenvalue weighted by molar-refractivity contribution is -0.118. The summed E-state index contributed by atoms with van der Waals surface area (Å²) < 4.78 is 0. The van der Waals surface area contributed by atoms with Gasteiger partial charge in [0.2, 0.25) is 0 Å². The highest BCUT2D eigenvalue weighted by Crippen LogP contribution is 2.30. The topological polar surface area (TPSA) is 32.7 Å². The number of aliphatic imine (C=N–C) groups is 1. The van der Waals surface area contributed by atoms with E-state index in [2.05, 4.69) is 4.99 Å². The lowest BCUT2D eigenvalue weighted by atomic mass is 10.1. The van der Waals surface area contributed by atoms with Gasteiger partial charge in [-0.2, -0.15) is 0 Å². The third-order valence-corrected chi connectivity index (χ3v) is 3.21. The molecule has 0 bridgehead atoms. The highest BCUT2D eigenvalue weighted by atomic mass is 16.2. The number of carbonyl (C=O) groups is 1. The van der Waals surface area contributed by atoms with Crippen molar-refractivity contribution in [3.05, 3.63) is 60.2 Å². The Kier molecular flexibility index (Phi) is 2.88. The van der Waals surface area contributed by atoms with E-state index in [1.54, 1.807) is 11.1 Å². The molecule has 2 aromatic carbocycles. The molecule has 2 aromatic rings. The molecule has 3 rings (SSSR count). The van der Waals surface area contributed by atoms with Crippen molar-refractivity contribution in [1.29, 1.82) is 0 Å². The smallest absolute Gasteiger partial charge is 0.256 e. The zero-order valence-corrected chi connectivity index (χ0v) is 10.7. The third kappa shape index (κ3) is 2.03.